The normalized spacial score (nSPS) is 13.4. The summed E-state index contributed by atoms with van der Waals surface area (Å²) in [6.45, 7) is 4.79. The van der Waals surface area contributed by atoms with Gasteiger partial charge in [-0.3, -0.25) is 0 Å². The summed E-state index contributed by atoms with van der Waals surface area (Å²) in [5.74, 6) is 0. The number of benzene rings is 8. The summed E-state index contributed by atoms with van der Waals surface area (Å²) in [5, 5.41) is 7.21. The van der Waals surface area contributed by atoms with Crippen LogP contribution in [0.2, 0.25) is 0 Å². The Morgan fingerprint density at radius 2 is 1.08 bits per heavy atom. The van der Waals surface area contributed by atoms with Gasteiger partial charge in [-0.1, -0.05) is 159 Å². The minimum atomic E-state index is -0.212. The van der Waals surface area contributed by atoms with E-state index in [1.54, 1.807) is 0 Å². The molecule has 1 heteroatoms. The van der Waals surface area contributed by atoms with Crippen LogP contribution in [-0.4, -0.2) is 0 Å². The third kappa shape index (κ3) is 3.73. The maximum atomic E-state index is 6.95. The molecular weight excluding hydrogens is 581 g/mol. The third-order valence-corrected chi connectivity index (χ3v) is 10.6. The van der Waals surface area contributed by atoms with Crippen molar-refractivity contribution in [3.8, 4) is 44.5 Å². The van der Waals surface area contributed by atoms with Gasteiger partial charge in [-0.25, -0.2) is 0 Å². The van der Waals surface area contributed by atoms with E-state index in [1.807, 2.05) is 0 Å². The standard InChI is InChI=1S/C47H32O/c1-47(2)39-22-12-10-20-36(39)43-33(30-15-4-3-5-16-30)26-27-38(45(43)47)42-35-19-9-8-18-34(35)41(32-25-24-29-14-6-7-17-31(29)28-32)46-44(42)37-21-11-13-23-40(37)48-46/h3-28H,1-2H3. The van der Waals surface area contributed by atoms with Gasteiger partial charge >= 0.3 is 0 Å². The van der Waals surface area contributed by atoms with Crippen molar-refractivity contribution in [2.75, 3.05) is 0 Å². The molecule has 1 nitrogen and oxygen atoms in total. The average molecular weight is 613 g/mol. The van der Waals surface area contributed by atoms with Gasteiger partial charge in [0.25, 0.3) is 0 Å². The van der Waals surface area contributed by atoms with E-state index in [0.717, 1.165) is 27.7 Å². The van der Waals surface area contributed by atoms with Crippen LogP contribution in [0.25, 0.3) is 88.0 Å². The SMILES string of the molecule is CC1(C)c2ccccc2-c2c(-c3ccccc3)ccc(-c3c4ccccc4c(-c4ccc5ccccc5c4)c4oc5ccccc5c34)c21. The first kappa shape index (κ1) is 27.2. The van der Waals surface area contributed by atoms with Crippen molar-refractivity contribution in [3.05, 3.63) is 169 Å². The van der Waals surface area contributed by atoms with E-state index in [-0.39, 0.29) is 5.41 Å². The molecule has 1 heterocycles. The maximum absolute atomic E-state index is 6.95. The lowest BCUT2D eigenvalue weighted by Crippen LogP contribution is -2.16. The largest absolute Gasteiger partial charge is 0.455 e. The second-order valence-corrected chi connectivity index (χ2v) is 13.6. The molecule has 0 aliphatic heterocycles. The highest BCUT2D eigenvalue weighted by atomic mass is 16.3. The van der Waals surface area contributed by atoms with Gasteiger partial charge < -0.3 is 4.42 Å². The first-order chi connectivity index (χ1) is 23.6. The van der Waals surface area contributed by atoms with Crippen molar-refractivity contribution >= 4 is 43.5 Å². The molecule has 0 saturated carbocycles. The quantitative estimate of drug-likeness (QED) is 0.193. The van der Waals surface area contributed by atoms with Crippen LogP contribution in [0, 0.1) is 0 Å². The lowest BCUT2D eigenvalue weighted by atomic mass is 9.76. The van der Waals surface area contributed by atoms with E-state index in [2.05, 4.69) is 172 Å². The monoisotopic (exact) mass is 612 g/mol. The van der Waals surface area contributed by atoms with Gasteiger partial charge in [0.2, 0.25) is 0 Å². The molecule has 48 heavy (non-hydrogen) atoms. The van der Waals surface area contributed by atoms with E-state index in [1.165, 1.54) is 71.4 Å². The fourth-order valence-corrected chi connectivity index (χ4v) is 8.54. The first-order valence-corrected chi connectivity index (χ1v) is 16.8. The average Bonchev–Trinajstić information content (AvgIpc) is 3.63. The number of hydrogen-bond acceptors (Lipinski definition) is 1. The molecule has 0 N–H and O–H groups in total. The molecule has 0 bridgehead atoms. The number of furan rings is 1. The van der Waals surface area contributed by atoms with E-state index >= 15 is 0 Å². The molecule has 0 atom stereocenters. The summed E-state index contributed by atoms with van der Waals surface area (Å²) in [5.41, 5.74) is 14.4. The van der Waals surface area contributed by atoms with Crippen LogP contribution in [0.15, 0.2) is 162 Å². The lowest BCUT2D eigenvalue weighted by Gasteiger charge is -2.26. The van der Waals surface area contributed by atoms with E-state index in [9.17, 15) is 0 Å². The van der Waals surface area contributed by atoms with Crippen molar-refractivity contribution in [1.29, 1.82) is 0 Å². The number of para-hydroxylation sites is 1. The molecule has 1 aliphatic rings. The summed E-state index contributed by atoms with van der Waals surface area (Å²) in [4.78, 5) is 0. The van der Waals surface area contributed by atoms with E-state index in [4.69, 9.17) is 4.42 Å². The molecule has 0 amide bonds. The molecule has 0 unspecified atom stereocenters. The second kappa shape index (κ2) is 10.0. The predicted octanol–water partition coefficient (Wildman–Crippen LogP) is 13.2. The molecule has 9 aromatic rings. The van der Waals surface area contributed by atoms with E-state index in [0.29, 0.717) is 0 Å². The van der Waals surface area contributed by atoms with Crippen molar-refractivity contribution < 1.29 is 4.42 Å². The Kier molecular flexibility index (Phi) is 5.69. The Balaban J connectivity index is 1.39. The topological polar surface area (TPSA) is 13.1 Å². The zero-order chi connectivity index (χ0) is 32.0. The Bertz CT molecular complexity index is 2740. The lowest BCUT2D eigenvalue weighted by molar-refractivity contribution is 0.662. The molecule has 1 aromatic heterocycles. The number of rotatable bonds is 3. The van der Waals surface area contributed by atoms with Crippen molar-refractivity contribution in [1.82, 2.24) is 0 Å². The zero-order valence-corrected chi connectivity index (χ0v) is 26.9. The third-order valence-electron chi connectivity index (χ3n) is 10.6. The van der Waals surface area contributed by atoms with Gasteiger partial charge in [0.15, 0.2) is 0 Å². The summed E-state index contributed by atoms with van der Waals surface area (Å²) in [6.07, 6.45) is 0. The van der Waals surface area contributed by atoms with Gasteiger partial charge in [-0.15, -0.1) is 0 Å². The van der Waals surface area contributed by atoms with Crippen LogP contribution in [0.3, 0.4) is 0 Å². The maximum Gasteiger partial charge on any atom is 0.144 e. The highest BCUT2D eigenvalue weighted by Crippen LogP contribution is 2.57. The van der Waals surface area contributed by atoms with Crippen LogP contribution in [0.5, 0.6) is 0 Å². The Morgan fingerprint density at radius 3 is 1.92 bits per heavy atom. The fraction of sp³-hybridized carbons (Fsp3) is 0.0638. The predicted molar refractivity (Wildman–Crippen MR) is 203 cm³/mol. The number of hydrogen-bond donors (Lipinski definition) is 0. The zero-order valence-electron chi connectivity index (χ0n) is 26.9. The Hall–Kier alpha value is -5.92. The van der Waals surface area contributed by atoms with Crippen LogP contribution >= 0.6 is 0 Å². The highest BCUT2D eigenvalue weighted by Gasteiger charge is 2.40. The summed E-state index contributed by atoms with van der Waals surface area (Å²) in [6, 6.07) is 57.4. The molecule has 1 aliphatic carbocycles. The molecule has 10 rings (SSSR count). The van der Waals surface area contributed by atoms with Crippen LogP contribution in [0.1, 0.15) is 25.0 Å². The second-order valence-electron chi connectivity index (χ2n) is 13.6. The molecular formula is C47H32O. The van der Waals surface area contributed by atoms with Gasteiger partial charge in [0, 0.05) is 27.3 Å². The van der Waals surface area contributed by atoms with Gasteiger partial charge in [-0.05, 0) is 78.2 Å². The molecule has 8 aromatic carbocycles. The van der Waals surface area contributed by atoms with Gasteiger partial charge in [0.05, 0.1) is 0 Å². The minimum Gasteiger partial charge on any atom is -0.455 e. The van der Waals surface area contributed by atoms with Crippen molar-refractivity contribution in [3.63, 3.8) is 0 Å². The Morgan fingerprint density at radius 1 is 0.438 bits per heavy atom. The van der Waals surface area contributed by atoms with E-state index < -0.39 is 0 Å². The van der Waals surface area contributed by atoms with Crippen LogP contribution < -0.4 is 0 Å². The van der Waals surface area contributed by atoms with Crippen molar-refractivity contribution in [2.24, 2.45) is 0 Å². The molecule has 226 valence electrons. The molecule has 0 radical (unpaired) electrons. The minimum absolute atomic E-state index is 0.212. The smallest absolute Gasteiger partial charge is 0.144 e. The number of fused-ring (bicyclic) bond motifs is 8. The summed E-state index contributed by atoms with van der Waals surface area (Å²) >= 11 is 0. The summed E-state index contributed by atoms with van der Waals surface area (Å²) in [7, 11) is 0. The van der Waals surface area contributed by atoms with Gasteiger partial charge in [-0.2, -0.15) is 0 Å². The molecule has 0 fully saturated rings. The van der Waals surface area contributed by atoms with Crippen molar-refractivity contribution in [2.45, 2.75) is 19.3 Å². The first-order valence-electron chi connectivity index (χ1n) is 16.8. The highest BCUT2D eigenvalue weighted by molar-refractivity contribution is 6.27. The van der Waals surface area contributed by atoms with Crippen LogP contribution in [-0.2, 0) is 5.41 Å². The Labute approximate surface area is 279 Å². The molecule has 0 saturated heterocycles. The molecule has 0 spiro atoms. The summed E-state index contributed by atoms with van der Waals surface area (Å²) < 4.78 is 6.95. The van der Waals surface area contributed by atoms with Gasteiger partial charge in [0.1, 0.15) is 11.2 Å². The van der Waals surface area contributed by atoms with Crippen LogP contribution in [0.4, 0.5) is 0 Å². The fourth-order valence-electron chi connectivity index (χ4n) is 8.54.